The first-order valence-electron chi connectivity index (χ1n) is 15.0. The summed E-state index contributed by atoms with van der Waals surface area (Å²) in [7, 11) is 0. The summed E-state index contributed by atoms with van der Waals surface area (Å²) in [5, 5.41) is 14.6. The lowest BCUT2D eigenvalue weighted by Crippen LogP contribution is -2.46. The van der Waals surface area contributed by atoms with E-state index in [2.05, 4.69) is 58.7 Å². The van der Waals surface area contributed by atoms with Gasteiger partial charge in [-0.05, 0) is 61.6 Å². The Hall–Kier alpha value is -4.13. The largest absolute Gasteiger partial charge is 0.471 e. The highest BCUT2D eigenvalue weighted by molar-refractivity contribution is 9.10. The number of aliphatic imine (C=N–C) groups is 1. The number of thiol groups is 1. The van der Waals surface area contributed by atoms with Crippen LogP contribution in [-0.2, 0) is 33.3 Å². The van der Waals surface area contributed by atoms with E-state index in [0.29, 0.717) is 66.5 Å². The molecule has 2 aliphatic rings. The van der Waals surface area contributed by atoms with E-state index in [4.69, 9.17) is 24.4 Å². The molecule has 2 aromatic rings. The van der Waals surface area contributed by atoms with Gasteiger partial charge in [0, 0.05) is 56.3 Å². The van der Waals surface area contributed by atoms with E-state index in [9.17, 15) is 14.4 Å². The molecule has 0 spiro atoms. The molecule has 1 amide bonds. The van der Waals surface area contributed by atoms with E-state index in [1.54, 1.807) is 18.3 Å². The molecule has 3 heterocycles. The number of hydrogen-bond acceptors (Lipinski definition) is 15. The molecule has 0 unspecified atom stereocenters. The Morgan fingerprint density at radius 1 is 1.19 bits per heavy atom. The first kappa shape index (κ1) is 36.7. The van der Waals surface area contributed by atoms with Crippen molar-refractivity contribution in [2.75, 3.05) is 64.1 Å². The number of ether oxygens (including phenoxy) is 4. The highest BCUT2D eigenvalue weighted by Crippen LogP contribution is 2.32. The summed E-state index contributed by atoms with van der Waals surface area (Å²) in [5.41, 5.74) is 1.28. The molecule has 0 radical (unpaired) electrons. The monoisotopic (exact) mass is 747 g/mol. The SMILES string of the molecule is CC(C)(C)NC[C@@H](COC(=N)C(=NS)N1CCOCC1)OC(=O)/C=C\C(=O)OCC(=O)N(C1=NCCN1)c1ccc2nccnc2c1Br. The molecule has 1 fully saturated rings. The van der Waals surface area contributed by atoms with Crippen LogP contribution in [-0.4, -0.2) is 121 Å². The number of amides is 1. The summed E-state index contributed by atoms with van der Waals surface area (Å²) in [5.74, 6) is -2.08. The maximum Gasteiger partial charge on any atom is 0.331 e. The second kappa shape index (κ2) is 17.3. The number of carbonyl (C=O) groups excluding carboxylic acids is 3. The Balaban J connectivity index is 1.35. The average Bonchev–Trinajstić information content (AvgIpc) is 3.60. The fourth-order valence-corrected chi connectivity index (χ4v) is 5.31. The maximum atomic E-state index is 13.4. The zero-order valence-corrected chi connectivity index (χ0v) is 29.3. The van der Waals surface area contributed by atoms with Crippen LogP contribution in [0, 0.1) is 5.41 Å². The zero-order chi connectivity index (χ0) is 34.7. The van der Waals surface area contributed by atoms with Crippen LogP contribution in [0.5, 0.6) is 0 Å². The molecular weight excluding hydrogens is 710 g/mol. The molecule has 258 valence electrons. The van der Waals surface area contributed by atoms with Crippen molar-refractivity contribution in [3.05, 3.63) is 41.2 Å². The van der Waals surface area contributed by atoms with Crippen LogP contribution in [0.2, 0.25) is 0 Å². The van der Waals surface area contributed by atoms with Gasteiger partial charge in [-0.2, -0.15) is 4.40 Å². The van der Waals surface area contributed by atoms with E-state index in [1.807, 2.05) is 25.7 Å². The van der Waals surface area contributed by atoms with Crippen molar-refractivity contribution < 1.29 is 33.3 Å². The number of nitrogens with zero attached hydrogens (tertiary/aromatic N) is 6. The summed E-state index contributed by atoms with van der Waals surface area (Å²) in [6, 6.07) is 3.40. The van der Waals surface area contributed by atoms with E-state index < -0.39 is 30.6 Å². The van der Waals surface area contributed by atoms with Crippen molar-refractivity contribution in [1.29, 1.82) is 5.41 Å². The van der Waals surface area contributed by atoms with Crippen molar-refractivity contribution in [3.8, 4) is 0 Å². The Labute approximate surface area is 291 Å². The predicted molar refractivity (Wildman–Crippen MR) is 185 cm³/mol. The second-order valence-corrected chi connectivity index (χ2v) is 12.5. The van der Waals surface area contributed by atoms with Crippen LogP contribution in [0.15, 0.2) is 50.5 Å². The number of benzene rings is 1. The fraction of sp³-hybridized carbons (Fsp3) is 0.467. The van der Waals surface area contributed by atoms with Crippen molar-refractivity contribution >= 4 is 81.0 Å². The summed E-state index contributed by atoms with van der Waals surface area (Å²) >= 11 is 7.50. The minimum Gasteiger partial charge on any atom is -0.471 e. The van der Waals surface area contributed by atoms with Crippen molar-refractivity contribution in [3.63, 3.8) is 0 Å². The van der Waals surface area contributed by atoms with Crippen LogP contribution in [0.1, 0.15) is 20.8 Å². The molecule has 0 aliphatic carbocycles. The minimum absolute atomic E-state index is 0.165. The number of anilines is 1. The van der Waals surface area contributed by atoms with E-state index in [0.717, 1.165) is 12.2 Å². The number of rotatable bonds is 10. The number of amidine groups is 1. The van der Waals surface area contributed by atoms with Crippen LogP contribution >= 0.6 is 28.7 Å². The third kappa shape index (κ3) is 10.4. The fourth-order valence-electron chi connectivity index (χ4n) is 4.47. The molecule has 48 heavy (non-hydrogen) atoms. The van der Waals surface area contributed by atoms with Gasteiger partial charge >= 0.3 is 11.9 Å². The molecule has 3 N–H and O–H groups in total. The molecule has 0 saturated carbocycles. The number of esters is 2. The molecule has 2 aliphatic heterocycles. The average molecular weight is 749 g/mol. The van der Waals surface area contributed by atoms with Gasteiger partial charge in [-0.25, -0.2) is 14.5 Å². The minimum atomic E-state index is -0.937. The Morgan fingerprint density at radius 3 is 2.60 bits per heavy atom. The van der Waals surface area contributed by atoms with Crippen LogP contribution in [0.25, 0.3) is 11.0 Å². The third-order valence-corrected chi connectivity index (χ3v) is 7.75. The zero-order valence-electron chi connectivity index (χ0n) is 26.8. The van der Waals surface area contributed by atoms with E-state index in [-0.39, 0.29) is 30.4 Å². The number of fused-ring (bicyclic) bond motifs is 1. The van der Waals surface area contributed by atoms with Gasteiger partial charge in [-0.1, -0.05) is 0 Å². The first-order valence-corrected chi connectivity index (χ1v) is 16.2. The second-order valence-electron chi connectivity index (χ2n) is 11.5. The van der Waals surface area contributed by atoms with Gasteiger partial charge in [0.1, 0.15) is 18.2 Å². The number of morpholine rings is 1. The van der Waals surface area contributed by atoms with Gasteiger partial charge in [-0.3, -0.25) is 25.2 Å². The highest BCUT2D eigenvalue weighted by atomic mass is 79.9. The lowest BCUT2D eigenvalue weighted by molar-refractivity contribution is -0.146. The lowest BCUT2D eigenvalue weighted by Gasteiger charge is -2.30. The summed E-state index contributed by atoms with van der Waals surface area (Å²) < 4.78 is 26.0. The van der Waals surface area contributed by atoms with E-state index in [1.165, 1.54) is 11.1 Å². The maximum absolute atomic E-state index is 13.4. The van der Waals surface area contributed by atoms with Crippen molar-refractivity contribution in [2.45, 2.75) is 32.4 Å². The lowest BCUT2D eigenvalue weighted by atomic mass is 10.1. The normalized spacial score (nSPS) is 15.9. The first-order chi connectivity index (χ1) is 23.0. The Bertz CT molecular complexity index is 1590. The number of aromatic nitrogens is 2. The molecular formula is C30H38BrN9O7S. The molecule has 1 aromatic heterocycles. The van der Waals surface area contributed by atoms with E-state index >= 15 is 0 Å². The van der Waals surface area contributed by atoms with Crippen molar-refractivity contribution in [1.82, 2.24) is 25.5 Å². The molecule has 1 aromatic carbocycles. The quantitative estimate of drug-likeness (QED) is 0.0905. The summed E-state index contributed by atoms with van der Waals surface area (Å²) in [6.07, 6.45) is 4.04. The predicted octanol–water partition coefficient (Wildman–Crippen LogP) is 1.65. The molecule has 0 bridgehead atoms. The summed E-state index contributed by atoms with van der Waals surface area (Å²) in [6.45, 7) is 8.25. The molecule has 1 saturated heterocycles. The number of halogens is 1. The molecule has 18 heteroatoms. The topological polar surface area (TPSA) is 193 Å². The highest BCUT2D eigenvalue weighted by Gasteiger charge is 2.28. The Kier molecular flexibility index (Phi) is 13.2. The van der Waals surface area contributed by atoms with Crippen LogP contribution < -0.4 is 15.5 Å². The number of guanidine groups is 1. The van der Waals surface area contributed by atoms with Gasteiger partial charge < -0.3 is 34.5 Å². The molecule has 1 atom stereocenters. The van der Waals surface area contributed by atoms with Gasteiger partial charge in [0.25, 0.3) is 11.8 Å². The van der Waals surface area contributed by atoms with Crippen LogP contribution in [0.4, 0.5) is 5.69 Å². The van der Waals surface area contributed by atoms with Crippen LogP contribution in [0.3, 0.4) is 0 Å². The smallest absolute Gasteiger partial charge is 0.331 e. The third-order valence-electron chi connectivity index (χ3n) is 6.78. The number of nitrogens with one attached hydrogen (secondary N) is 3. The number of hydrogen-bond donors (Lipinski definition) is 4. The number of carbonyl (C=O) groups is 3. The standard InChI is InChI=1S/C30H38BrN9O7S/c1-30(2,3)37-16-19(17-46-27(32)28(38-48)39-12-14-44-15-13-39)47-24(43)7-6-23(42)45-18-22(41)40(29-35-10-11-36-29)21-5-4-20-26(25(21)31)34-9-8-33-20/h4-9,19,32,37,48H,10-18H2,1-3H3,(H,35,36)/b7-6-,32-27?,38-28?/t19-/m0/s1. The summed E-state index contributed by atoms with van der Waals surface area (Å²) in [4.78, 5) is 54.6. The van der Waals surface area contributed by atoms with Crippen molar-refractivity contribution in [2.24, 2.45) is 9.39 Å². The van der Waals surface area contributed by atoms with Gasteiger partial charge in [0.2, 0.25) is 5.96 Å². The van der Waals surface area contributed by atoms with Gasteiger partial charge in [0.05, 0.1) is 35.4 Å². The van der Waals surface area contributed by atoms with Gasteiger partial charge in [-0.15, -0.1) is 0 Å². The Morgan fingerprint density at radius 2 is 1.92 bits per heavy atom. The molecule has 16 nitrogen and oxygen atoms in total. The molecule has 4 rings (SSSR count). The van der Waals surface area contributed by atoms with Gasteiger partial charge in [0.15, 0.2) is 12.4 Å².